The van der Waals surface area contributed by atoms with Crippen LogP contribution >= 0.6 is 0 Å². The van der Waals surface area contributed by atoms with Crippen molar-refractivity contribution in [2.24, 2.45) is 11.3 Å². The van der Waals surface area contributed by atoms with E-state index in [1.54, 1.807) is 0 Å². The van der Waals surface area contributed by atoms with Crippen LogP contribution in [0.3, 0.4) is 0 Å². The molecule has 2 aromatic rings. The fourth-order valence-electron chi connectivity index (χ4n) is 4.30. The van der Waals surface area contributed by atoms with Crippen molar-refractivity contribution >= 4 is 11.6 Å². The fraction of sp³-hybridized carbons (Fsp3) is 0.519. The average molecular weight is 419 g/mol. The van der Waals surface area contributed by atoms with Crippen molar-refractivity contribution in [1.29, 1.82) is 0 Å². The maximum atomic E-state index is 12.2. The molecule has 3 fully saturated rings. The van der Waals surface area contributed by atoms with Gasteiger partial charge in [-0.1, -0.05) is 31.2 Å². The van der Waals surface area contributed by atoms with Crippen molar-refractivity contribution in [3.05, 3.63) is 59.7 Å². The number of rotatable bonds is 9. The molecule has 1 saturated heterocycles. The number of ether oxygens (including phenoxy) is 1. The highest BCUT2D eigenvalue weighted by Gasteiger charge is 2.45. The van der Waals surface area contributed by atoms with Gasteiger partial charge in [-0.2, -0.15) is 0 Å². The summed E-state index contributed by atoms with van der Waals surface area (Å²) in [7, 11) is 0. The number of carbonyl (C=O) groups excluding carboxylic acids is 1. The molecule has 164 valence electrons. The van der Waals surface area contributed by atoms with E-state index < -0.39 is 0 Å². The van der Waals surface area contributed by atoms with E-state index in [9.17, 15) is 4.79 Å². The first kappa shape index (κ1) is 20.4. The largest absolute Gasteiger partial charge is 0.493 e. The van der Waals surface area contributed by atoms with Gasteiger partial charge in [-0.3, -0.25) is 4.79 Å². The van der Waals surface area contributed by atoms with E-state index in [-0.39, 0.29) is 17.4 Å². The van der Waals surface area contributed by atoms with E-state index in [4.69, 9.17) is 4.74 Å². The van der Waals surface area contributed by atoms with Crippen LogP contribution in [0.5, 0.6) is 5.75 Å². The fourth-order valence-corrected chi connectivity index (χ4v) is 4.30. The molecular formula is C27H34N2O2. The third-order valence-corrected chi connectivity index (χ3v) is 7.18. The lowest BCUT2D eigenvalue weighted by Gasteiger charge is -2.41. The van der Waals surface area contributed by atoms with Crippen molar-refractivity contribution in [2.45, 2.75) is 57.9 Å². The molecule has 2 aromatic carbocycles. The van der Waals surface area contributed by atoms with Crippen molar-refractivity contribution in [3.63, 3.8) is 0 Å². The number of carbonyl (C=O) groups is 1. The van der Waals surface area contributed by atoms with Crippen LogP contribution in [0.15, 0.2) is 48.5 Å². The van der Waals surface area contributed by atoms with Gasteiger partial charge in [0.15, 0.2) is 0 Å². The maximum absolute atomic E-state index is 12.2. The molecule has 4 heteroatoms. The van der Waals surface area contributed by atoms with E-state index in [1.165, 1.54) is 29.7 Å². The predicted octanol–water partition coefficient (Wildman–Crippen LogP) is 4.93. The highest BCUT2D eigenvalue weighted by Crippen LogP contribution is 2.45. The molecule has 1 aliphatic heterocycles. The second-order valence-corrected chi connectivity index (χ2v) is 10.2. The molecule has 31 heavy (non-hydrogen) atoms. The van der Waals surface area contributed by atoms with Crippen LogP contribution in [0.2, 0.25) is 0 Å². The molecule has 0 bridgehead atoms. The number of anilines is 1. The highest BCUT2D eigenvalue weighted by molar-refractivity contribution is 5.85. The third-order valence-electron chi connectivity index (χ3n) is 7.18. The van der Waals surface area contributed by atoms with Gasteiger partial charge in [-0.25, -0.2) is 0 Å². The van der Waals surface area contributed by atoms with Crippen LogP contribution in [0.4, 0.5) is 5.69 Å². The van der Waals surface area contributed by atoms with Gasteiger partial charge in [0.2, 0.25) is 5.91 Å². The Morgan fingerprint density at radius 2 is 1.77 bits per heavy atom. The molecule has 4 nitrogen and oxygen atoms in total. The molecule has 3 aliphatic rings. The van der Waals surface area contributed by atoms with E-state index in [1.807, 2.05) is 0 Å². The molecule has 2 saturated carbocycles. The molecule has 5 rings (SSSR count). The van der Waals surface area contributed by atoms with E-state index in [2.05, 4.69) is 72.6 Å². The molecule has 1 atom stereocenters. The van der Waals surface area contributed by atoms with Gasteiger partial charge in [-0.05, 0) is 80.3 Å². The lowest BCUT2D eigenvalue weighted by Crippen LogP contribution is -2.45. The number of nitrogens with zero attached hydrogens (tertiary/aromatic N) is 1. The molecule has 1 amide bonds. The lowest BCUT2D eigenvalue weighted by molar-refractivity contribution is -0.126. The lowest BCUT2D eigenvalue weighted by atomic mass is 9.90. The standard InChI is InChI=1S/C27H34N2O2/c1-19(28-26(30)27(2)13-14-27)15-20-5-7-22(8-6-20)23-16-29(17-23)24-9-11-25(12-10-24)31-18-21-3-4-21/h5-12,19,21,23H,3-4,13-18H2,1-2H3,(H,28,30). The van der Waals surface area contributed by atoms with Gasteiger partial charge >= 0.3 is 0 Å². The Morgan fingerprint density at radius 1 is 1.10 bits per heavy atom. The molecule has 0 spiro atoms. The first-order chi connectivity index (χ1) is 15.0. The monoisotopic (exact) mass is 418 g/mol. The van der Waals surface area contributed by atoms with Crippen LogP contribution in [0, 0.1) is 11.3 Å². The first-order valence-electron chi connectivity index (χ1n) is 11.9. The Morgan fingerprint density at radius 3 is 2.39 bits per heavy atom. The maximum Gasteiger partial charge on any atom is 0.226 e. The normalized spacial score (nSPS) is 20.6. The number of amides is 1. The van der Waals surface area contributed by atoms with Crippen molar-refractivity contribution in [1.82, 2.24) is 5.32 Å². The average Bonchev–Trinajstić information content (AvgIpc) is 3.65. The van der Waals surface area contributed by atoms with Gasteiger partial charge in [0.05, 0.1) is 6.61 Å². The summed E-state index contributed by atoms with van der Waals surface area (Å²) in [5, 5.41) is 3.18. The number of benzene rings is 2. The summed E-state index contributed by atoms with van der Waals surface area (Å²) in [6.07, 6.45) is 5.58. The third kappa shape index (κ3) is 4.89. The Labute approximate surface area is 186 Å². The second kappa shape index (κ2) is 8.22. The SMILES string of the molecule is CC(Cc1ccc(C2CN(c3ccc(OCC4CC4)cc3)C2)cc1)NC(=O)C1(C)CC1. The van der Waals surface area contributed by atoms with E-state index in [0.717, 1.165) is 50.6 Å². The van der Waals surface area contributed by atoms with Crippen molar-refractivity contribution < 1.29 is 9.53 Å². The summed E-state index contributed by atoms with van der Waals surface area (Å²) >= 11 is 0. The molecule has 1 heterocycles. The van der Waals surface area contributed by atoms with E-state index >= 15 is 0 Å². The van der Waals surface area contributed by atoms with Gasteiger partial charge in [0.1, 0.15) is 5.75 Å². The first-order valence-corrected chi connectivity index (χ1v) is 11.9. The predicted molar refractivity (Wildman–Crippen MR) is 125 cm³/mol. The topological polar surface area (TPSA) is 41.6 Å². The van der Waals surface area contributed by atoms with Gasteiger partial charge < -0.3 is 15.0 Å². The Bertz CT molecular complexity index is 907. The smallest absolute Gasteiger partial charge is 0.226 e. The van der Waals surface area contributed by atoms with Crippen LogP contribution in [-0.4, -0.2) is 31.6 Å². The minimum Gasteiger partial charge on any atom is -0.493 e. The summed E-state index contributed by atoms with van der Waals surface area (Å²) in [5.74, 6) is 2.58. The summed E-state index contributed by atoms with van der Waals surface area (Å²) in [4.78, 5) is 14.7. The summed E-state index contributed by atoms with van der Waals surface area (Å²) in [6.45, 7) is 7.15. The zero-order valence-corrected chi connectivity index (χ0v) is 18.8. The van der Waals surface area contributed by atoms with Crippen LogP contribution in [-0.2, 0) is 11.2 Å². The minimum absolute atomic E-state index is 0.0990. The molecular weight excluding hydrogens is 384 g/mol. The van der Waals surface area contributed by atoms with Gasteiger partial charge in [0, 0.05) is 36.2 Å². The number of nitrogens with one attached hydrogen (secondary N) is 1. The molecule has 1 unspecified atom stereocenters. The molecule has 0 radical (unpaired) electrons. The molecule has 2 aliphatic carbocycles. The second-order valence-electron chi connectivity index (χ2n) is 10.2. The summed E-state index contributed by atoms with van der Waals surface area (Å²) in [6, 6.07) is 17.7. The zero-order chi connectivity index (χ0) is 21.4. The van der Waals surface area contributed by atoms with E-state index in [0.29, 0.717) is 5.92 Å². The van der Waals surface area contributed by atoms with Crippen molar-refractivity contribution in [3.8, 4) is 5.75 Å². The number of hydrogen-bond acceptors (Lipinski definition) is 3. The Balaban J connectivity index is 1.08. The molecule has 0 aromatic heterocycles. The summed E-state index contributed by atoms with van der Waals surface area (Å²) < 4.78 is 5.84. The molecule has 1 N–H and O–H groups in total. The number of hydrogen-bond donors (Lipinski definition) is 1. The van der Waals surface area contributed by atoms with Gasteiger partial charge in [0.25, 0.3) is 0 Å². The Kier molecular flexibility index (Phi) is 5.41. The Hall–Kier alpha value is -2.49. The minimum atomic E-state index is -0.0990. The van der Waals surface area contributed by atoms with Crippen molar-refractivity contribution in [2.75, 3.05) is 24.6 Å². The quantitative estimate of drug-likeness (QED) is 0.628. The van der Waals surface area contributed by atoms with Crippen LogP contribution in [0.1, 0.15) is 56.6 Å². The zero-order valence-electron chi connectivity index (χ0n) is 18.8. The van der Waals surface area contributed by atoms with Crippen LogP contribution < -0.4 is 15.0 Å². The van der Waals surface area contributed by atoms with Gasteiger partial charge in [-0.15, -0.1) is 0 Å². The highest BCUT2D eigenvalue weighted by atomic mass is 16.5. The van der Waals surface area contributed by atoms with Crippen LogP contribution in [0.25, 0.3) is 0 Å². The summed E-state index contributed by atoms with van der Waals surface area (Å²) in [5.41, 5.74) is 3.88.